The first-order chi connectivity index (χ1) is 15.0. The highest BCUT2D eigenvalue weighted by molar-refractivity contribution is 5.22. The Hall–Kier alpha value is -0.600. The van der Waals surface area contributed by atoms with Crippen LogP contribution in [0, 0.1) is 51.2 Å². The van der Waals surface area contributed by atoms with Crippen LogP contribution in [0.4, 0.5) is 0 Å². The van der Waals surface area contributed by atoms with Crippen LogP contribution in [0.15, 0.2) is 24.3 Å². The van der Waals surface area contributed by atoms with Gasteiger partial charge >= 0.3 is 0 Å². The van der Waals surface area contributed by atoms with Crippen molar-refractivity contribution in [2.45, 2.75) is 98.8 Å². The SMILES string of the molecule is C=C(C)[C@@H]1CC[C@]2(CO)CC[C@]3(C)C(CC[C@@H]4[C@@](C)(CCCN)[C@H](C(=C)C)CC[C@]43C)[C@@H]12. The van der Waals surface area contributed by atoms with E-state index in [9.17, 15) is 5.11 Å². The van der Waals surface area contributed by atoms with Crippen molar-refractivity contribution in [3.8, 4) is 0 Å². The van der Waals surface area contributed by atoms with Crippen LogP contribution < -0.4 is 5.73 Å². The summed E-state index contributed by atoms with van der Waals surface area (Å²) in [6, 6.07) is 0. The van der Waals surface area contributed by atoms with Gasteiger partial charge in [-0.3, -0.25) is 0 Å². The number of aliphatic hydroxyl groups excluding tert-OH is 1. The molecule has 0 saturated heterocycles. The molecule has 4 aliphatic rings. The fraction of sp³-hybridized carbons (Fsp3) is 0.867. The third kappa shape index (κ3) is 3.18. The first-order valence-electron chi connectivity index (χ1n) is 13.6. The van der Waals surface area contributed by atoms with Crippen LogP contribution in [0.1, 0.15) is 98.8 Å². The topological polar surface area (TPSA) is 46.2 Å². The van der Waals surface area contributed by atoms with E-state index < -0.39 is 0 Å². The molecule has 4 rings (SSSR count). The number of hydrogen-bond donors (Lipinski definition) is 2. The zero-order valence-electron chi connectivity index (χ0n) is 21.8. The molecule has 3 N–H and O–H groups in total. The number of fused-ring (bicyclic) bond motifs is 5. The zero-order valence-corrected chi connectivity index (χ0v) is 21.8. The van der Waals surface area contributed by atoms with Gasteiger partial charge in [-0.15, -0.1) is 0 Å². The molecule has 0 amide bonds. The molecule has 0 aromatic carbocycles. The van der Waals surface area contributed by atoms with Crippen molar-refractivity contribution in [1.29, 1.82) is 0 Å². The Balaban J connectivity index is 1.76. The summed E-state index contributed by atoms with van der Waals surface area (Å²) in [6.07, 6.45) is 12.6. The van der Waals surface area contributed by atoms with Crippen LogP contribution in [0.3, 0.4) is 0 Å². The summed E-state index contributed by atoms with van der Waals surface area (Å²) in [4.78, 5) is 0. The first-order valence-corrected chi connectivity index (χ1v) is 13.6. The quantitative estimate of drug-likeness (QED) is 0.431. The van der Waals surface area contributed by atoms with E-state index in [1.165, 1.54) is 68.9 Å². The van der Waals surface area contributed by atoms with E-state index in [-0.39, 0.29) is 5.41 Å². The second kappa shape index (κ2) is 8.26. The highest BCUT2D eigenvalue weighted by Gasteiger charge is 2.69. The van der Waals surface area contributed by atoms with Crippen molar-refractivity contribution < 1.29 is 5.11 Å². The van der Waals surface area contributed by atoms with Crippen LogP contribution in [-0.2, 0) is 0 Å². The van der Waals surface area contributed by atoms with E-state index in [0.717, 1.165) is 18.9 Å². The third-order valence-electron chi connectivity index (χ3n) is 12.3. The van der Waals surface area contributed by atoms with Gasteiger partial charge in [-0.1, -0.05) is 45.1 Å². The number of rotatable bonds is 6. The summed E-state index contributed by atoms with van der Waals surface area (Å²) in [6.45, 7) is 22.5. The molecule has 0 aromatic heterocycles. The van der Waals surface area contributed by atoms with Gasteiger partial charge in [0.15, 0.2) is 0 Å². The summed E-state index contributed by atoms with van der Waals surface area (Å²) in [5.41, 5.74) is 9.95. The van der Waals surface area contributed by atoms with E-state index in [4.69, 9.17) is 5.73 Å². The summed E-state index contributed by atoms with van der Waals surface area (Å²) < 4.78 is 0. The van der Waals surface area contributed by atoms with Gasteiger partial charge in [-0.25, -0.2) is 0 Å². The van der Waals surface area contributed by atoms with Gasteiger partial charge in [0.2, 0.25) is 0 Å². The maximum Gasteiger partial charge on any atom is 0.0490 e. The molecule has 0 aliphatic heterocycles. The van der Waals surface area contributed by atoms with Crippen molar-refractivity contribution in [1.82, 2.24) is 0 Å². The normalized spacial score (nSPS) is 50.3. The first kappa shape index (κ1) is 24.5. The second-order valence-corrected chi connectivity index (χ2v) is 13.4. The molecule has 1 unspecified atom stereocenters. The number of aliphatic hydroxyl groups is 1. The molecular weight excluding hydrogens is 390 g/mol. The molecule has 0 heterocycles. The summed E-state index contributed by atoms with van der Waals surface area (Å²) >= 11 is 0. The van der Waals surface area contributed by atoms with Crippen LogP contribution in [0.5, 0.6) is 0 Å². The van der Waals surface area contributed by atoms with Gasteiger partial charge in [0, 0.05) is 6.61 Å². The molecule has 4 fully saturated rings. The lowest BCUT2D eigenvalue weighted by atomic mass is 9.34. The van der Waals surface area contributed by atoms with E-state index in [1.807, 2.05) is 0 Å². The molecule has 9 atom stereocenters. The Bertz CT molecular complexity index is 758. The molecule has 2 nitrogen and oxygen atoms in total. The molecule has 182 valence electrons. The molecule has 0 aromatic rings. The lowest BCUT2D eigenvalue weighted by molar-refractivity contribution is -0.219. The number of hydrogen-bond acceptors (Lipinski definition) is 2. The van der Waals surface area contributed by atoms with Crippen LogP contribution in [-0.4, -0.2) is 18.3 Å². The van der Waals surface area contributed by atoms with Crippen molar-refractivity contribution >= 4 is 0 Å². The average Bonchev–Trinajstić information content (AvgIpc) is 3.13. The largest absolute Gasteiger partial charge is 0.396 e. The zero-order chi connectivity index (χ0) is 23.5. The van der Waals surface area contributed by atoms with Gasteiger partial charge in [-0.2, -0.15) is 0 Å². The molecule has 0 bridgehead atoms. The summed E-state index contributed by atoms with van der Waals surface area (Å²) in [7, 11) is 0. The van der Waals surface area contributed by atoms with Gasteiger partial charge in [0.05, 0.1) is 0 Å². The maximum atomic E-state index is 10.6. The fourth-order valence-corrected chi connectivity index (χ4v) is 10.6. The van der Waals surface area contributed by atoms with E-state index >= 15 is 0 Å². The van der Waals surface area contributed by atoms with Crippen molar-refractivity contribution in [3.05, 3.63) is 24.3 Å². The Morgan fingerprint density at radius 2 is 1.62 bits per heavy atom. The van der Waals surface area contributed by atoms with E-state index in [1.54, 1.807) is 0 Å². The van der Waals surface area contributed by atoms with Crippen molar-refractivity contribution in [2.24, 2.45) is 57.0 Å². The van der Waals surface area contributed by atoms with Crippen LogP contribution >= 0.6 is 0 Å². The van der Waals surface area contributed by atoms with Crippen LogP contribution in [0.25, 0.3) is 0 Å². The highest BCUT2D eigenvalue weighted by atomic mass is 16.3. The molecule has 2 heteroatoms. The summed E-state index contributed by atoms with van der Waals surface area (Å²) in [5, 5.41) is 10.6. The monoisotopic (exact) mass is 441 g/mol. The molecule has 0 spiro atoms. The smallest absolute Gasteiger partial charge is 0.0490 e. The second-order valence-electron chi connectivity index (χ2n) is 13.4. The minimum atomic E-state index is 0.148. The van der Waals surface area contributed by atoms with E-state index in [0.29, 0.717) is 46.5 Å². The fourth-order valence-electron chi connectivity index (χ4n) is 10.6. The predicted octanol–water partition coefficient (Wildman–Crippen LogP) is 7.13. The molecule has 0 radical (unpaired) electrons. The van der Waals surface area contributed by atoms with Gasteiger partial charge in [0.25, 0.3) is 0 Å². The Labute approximate surface area is 198 Å². The lowest BCUT2D eigenvalue weighted by Gasteiger charge is -2.71. The third-order valence-corrected chi connectivity index (χ3v) is 12.3. The van der Waals surface area contributed by atoms with Crippen molar-refractivity contribution in [2.75, 3.05) is 13.2 Å². The standard InChI is InChI=1S/C30H51NO/c1-20(2)22-11-15-30(19-32)17-16-28(6)24(26(22)30)9-10-25-27(5,13-8-18-31)23(21(3)4)12-14-29(25,28)7/h22-26,32H,1,3,8-19,31H2,2,4-7H3/t22-,23-,24?,25+,26+,27-,28+,29+,30+/m0/s1. The van der Waals surface area contributed by atoms with Crippen LogP contribution in [0.2, 0.25) is 0 Å². The number of allylic oxidation sites excluding steroid dienone is 2. The molecular formula is C30H51NO. The highest BCUT2D eigenvalue weighted by Crippen LogP contribution is 2.76. The molecule has 4 saturated carbocycles. The Morgan fingerprint density at radius 1 is 0.906 bits per heavy atom. The maximum absolute atomic E-state index is 10.6. The average molecular weight is 442 g/mol. The lowest BCUT2D eigenvalue weighted by Crippen LogP contribution is -2.64. The molecule has 32 heavy (non-hydrogen) atoms. The van der Waals surface area contributed by atoms with Gasteiger partial charge in [0.1, 0.15) is 0 Å². The summed E-state index contributed by atoms with van der Waals surface area (Å²) in [5.74, 6) is 3.30. The Kier molecular flexibility index (Phi) is 6.33. The predicted molar refractivity (Wildman–Crippen MR) is 136 cm³/mol. The van der Waals surface area contributed by atoms with Gasteiger partial charge < -0.3 is 10.8 Å². The number of nitrogens with two attached hydrogens (primary N) is 1. The van der Waals surface area contributed by atoms with Crippen molar-refractivity contribution in [3.63, 3.8) is 0 Å². The Morgan fingerprint density at radius 3 is 2.22 bits per heavy atom. The minimum absolute atomic E-state index is 0.148. The van der Waals surface area contributed by atoms with Gasteiger partial charge in [-0.05, 0) is 136 Å². The minimum Gasteiger partial charge on any atom is -0.396 e. The molecule has 4 aliphatic carbocycles. The van der Waals surface area contributed by atoms with E-state index in [2.05, 4.69) is 47.8 Å².